The van der Waals surface area contributed by atoms with Gasteiger partial charge in [0, 0.05) is 11.3 Å². The third kappa shape index (κ3) is 1.14. The number of ketones is 1. The maximum absolute atomic E-state index is 12.3. The van der Waals surface area contributed by atoms with Crippen molar-refractivity contribution in [1.82, 2.24) is 0 Å². The number of hydrogen-bond acceptors (Lipinski definition) is 2. The van der Waals surface area contributed by atoms with Crippen LogP contribution in [0.3, 0.4) is 0 Å². The quantitative estimate of drug-likeness (QED) is 0.293. The van der Waals surface area contributed by atoms with Gasteiger partial charge in [-0.3, -0.25) is 16.3 Å². The Kier molecular flexibility index (Phi) is 2.12. The lowest BCUT2D eigenvalue weighted by atomic mass is 9.70. The number of Topliss-reactive ketones (excluding diaryl/α,β-unsaturated/α-hetero) is 1. The fraction of sp³-hybridized carbons (Fsp3) is 0.727. The SMILES string of the molecule is CC1(C)[C@@H]2CC[C@]1(C)C(=O)C2=N[NH+]=C(N)N. The van der Waals surface area contributed by atoms with Crippen LogP contribution < -0.4 is 16.6 Å². The van der Waals surface area contributed by atoms with Crippen LogP contribution in [0.4, 0.5) is 0 Å². The van der Waals surface area contributed by atoms with Crippen molar-refractivity contribution in [2.45, 2.75) is 33.6 Å². The lowest BCUT2D eigenvalue weighted by Gasteiger charge is -2.31. The van der Waals surface area contributed by atoms with Crippen LogP contribution in [-0.4, -0.2) is 17.5 Å². The highest BCUT2D eigenvalue weighted by Gasteiger charge is 2.65. The van der Waals surface area contributed by atoms with Crippen molar-refractivity contribution < 1.29 is 9.90 Å². The Labute approximate surface area is 95.0 Å². The zero-order valence-electron chi connectivity index (χ0n) is 10.0. The van der Waals surface area contributed by atoms with Crippen LogP contribution in [0.25, 0.3) is 0 Å². The van der Waals surface area contributed by atoms with Crippen molar-refractivity contribution in [2.24, 2.45) is 33.3 Å². The van der Waals surface area contributed by atoms with Crippen LogP contribution in [0.2, 0.25) is 0 Å². The smallest absolute Gasteiger partial charge is 0.292 e. The van der Waals surface area contributed by atoms with Gasteiger partial charge in [0.25, 0.3) is 0 Å². The van der Waals surface area contributed by atoms with Gasteiger partial charge in [0.1, 0.15) is 5.71 Å². The van der Waals surface area contributed by atoms with Crippen molar-refractivity contribution in [3.63, 3.8) is 0 Å². The minimum absolute atomic E-state index is 0.0195. The first kappa shape index (κ1) is 11.1. The molecule has 0 radical (unpaired) electrons. The van der Waals surface area contributed by atoms with Crippen LogP contribution >= 0.6 is 0 Å². The minimum atomic E-state index is -0.276. The normalized spacial score (nSPS) is 38.1. The van der Waals surface area contributed by atoms with Gasteiger partial charge in [-0.15, -0.1) is 5.10 Å². The van der Waals surface area contributed by atoms with E-state index in [4.69, 9.17) is 11.5 Å². The lowest BCUT2D eigenvalue weighted by Crippen LogP contribution is -2.73. The molecule has 2 rings (SSSR count). The Bertz CT molecular complexity index is 406. The molecule has 0 aliphatic heterocycles. The molecule has 0 aromatic carbocycles. The summed E-state index contributed by atoms with van der Waals surface area (Å²) in [5.41, 5.74) is 10.9. The molecule has 0 spiro atoms. The van der Waals surface area contributed by atoms with Gasteiger partial charge in [-0.2, -0.15) is 5.10 Å². The van der Waals surface area contributed by atoms with E-state index < -0.39 is 0 Å². The van der Waals surface area contributed by atoms with Gasteiger partial charge in [0.15, 0.2) is 5.78 Å². The van der Waals surface area contributed by atoms with Crippen LogP contribution in [0.5, 0.6) is 0 Å². The first-order valence-electron chi connectivity index (χ1n) is 5.57. The summed E-state index contributed by atoms with van der Waals surface area (Å²) in [7, 11) is 0. The van der Waals surface area contributed by atoms with E-state index in [-0.39, 0.29) is 28.5 Å². The maximum Gasteiger partial charge on any atom is 0.362 e. The lowest BCUT2D eigenvalue weighted by molar-refractivity contribution is -0.464. The van der Waals surface area contributed by atoms with Crippen LogP contribution in [0.1, 0.15) is 33.6 Å². The molecule has 88 valence electrons. The van der Waals surface area contributed by atoms with E-state index >= 15 is 0 Å². The average molecular weight is 223 g/mol. The summed E-state index contributed by atoms with van der Waals surface area (Å²) in [5.74, 6) is 0.380. The highest BCUT2D eigenvalue weighted by Crippen LogP contribution is 2.62. The molecular weight excluding hydrogens is 204 g/mol. The van der Waals surface area contributed by atoms with Gasteiger partial charge < -0.3 is 0 Å². The van der Waals surface area contributed by atoms with Gasteiger partial charge in [0.05, 0.1) is 0 Å². The Balaban J connectivity index is 2.45. The topological polar surface area (TPSA) is 95.4 Å². The number of rotatable bonds is 1. The van der Waals surface area contributed by atoms with Gasteiger partial charge in [-0.25, -0.2) is 0 Å². The Hall–Kier alpha value is -1.39. The van der Waals surface area contributed by atoms with Gasteiger partial charge in [-0.05, 0) is 18.3 Å². The summed E-state index contributed by atoms with van der Waals surface area (Å²) in [4.78, 5) is 12.3. The summed E-state index contributed by atoms with van der Waals surface area (Å²) in [6.45, 7) is 6.31. The van der Waals surface area contributed by atoms with Crippen LogP contribution in [0, 0.1) is 16.7 Å². The van der Waals surface area contributed by atoms with Crippen molar-refractivity contribution in [2.75, 3.05) is 0 Å². The second-order valence-electron chi connectivity index (χ2n) is 5.54. The molecule has 5 heteroatoms. The van der Waals surface area contributed by atoms with Crippen molar-refractivity contribution in [3.05, 3.63) is 0 Å². The van der Waals surface area contributed by atoms with E-state index in [1.165, 1.54) is 0 Å². The summed E-state index contributed by atoms with van der Waals surface area (Å²) in [6.07, 6.45) is 1.96. The molecule has 5 N–H and O–H groups in total. The number of fused-ring (bicyclic) bond motifs is 2. The van der Waals surface area contributed by atoms with E-state index in [1.807, 2.05) is 6.92 Å². The number of guanidine groups is 1. The van der Waals surface area contributed by atoms with Crippen LogP contribution in [0.15, 0.2) is 5.10 Å². The summed E-state index contributed by atoms with van der Waals surface area (Å²) >= 11 is 0. The number of hydrogen-bond donors (Lipinski definition) is 3. The molecule has 0 unspecified atom stereocenters. The summed E-state index contributed by atoms with van der Waals surface area (Å²) in [5, 5.41) is 6.55. The molecule has 2 saturated carbocycles. The summed E-state index contributed by atoms with van der Waals surface area (Å²) in [6, 6.07) is 0. The molecule has 0 aromatic heterocycles. The number of carbonyl (C=O) groups excluding carboxylic acids is 1. The average Bonchev–Trinajstić information content (AvgIpc) is 2.47. The highest BCUT2D eigenvalue weighted by molar-refractivity contribution is 6.45. The van der Waals surface area contributed by atoms with Crippen molar-refractivity contribution in [1.29, 1.82) is 0 Å². The fourth-order valence-corrected chi connectivity index (χ4v) is 3.08. The molecule has 2 aliphatic rings. The third-order valence-corrected chi connectivity index (χ3v) is 4.60. The Morgan fingerprint density at radius 2 is 2.06 bits per heavy atom. The number of nitrogens with two attached hydrogens (primary N) is 2. The monoisotopic (exact) mass is 223 g/mol. The number of hydrazone groups is 1. The second-order valence-corrected chi connectivity index (χ2v) is 5.54. The highest BCUT2D eigenvalue weighted by atomic mass is 16.1. The first-order chi connectivity index (χ1) is 7.30. The van der Waals surface area contributed by atoms with Crippen LogP contribution in [-0.2, 0) is 4.79 Å². The zero-order valence-corrected chi connectivity index (χ0v) is 10.0. The molecule has 0 heterocycles. The van der Waals surface area contributed by atoms with Gasteiger partial charge in [-0.1, -0.05) is 20.8 Å². The van der Waals surface area contributed by atoms with Crippen molar-refractivity contribution >= 4 is 17.5 Å². The van der Waals surface area contributed by atoms with E-state index in [0.29, 0.717) is 5.71 Å². The maximum atomic E-state index is 12.3. The molecule has 2 aliphatic carbocycles. The fourth-order valence-electron chi connectivity index (χ4n) is 3.08. The minimum Gasteiger partial charge on any atom is -0.292 e. The molecule has 2 atom stereocenters. The Morgan fingerprint density at radius 3 is 2.50 bits per heavy atom. The summed E-state index contributed by atoms with van der Waals surface area (Å²) < 4.78 is 0. The first-order valence-corrected chi connectivity index (χ1v) is 5.57. The number of carbonyl (C=O) groups is 1. The molecule has 2 fully saturated rings. The van der Waals surface area contributed by atoms with E-state index in [9.17, 15) is 4.79 Å². The number of nitrogens with zero attached hydrogens (tertiary/aromatic N) is 1. The zero-order chi connectivity index (χ0) is 12.1. The predicted molar refractivity (Wildman–Crippen MR) is 61.4 cm³/mol. The molecule has 0 aromatic rings. The van der Waals surface area contributed by atoms with E-state index in [2.05, 4.69) is 24.1 Å². The molecule has 5 nitrogen and oxygen atoms in total. The molecule has 0 saturated heterocycles. The molecule has 16 heavy (non-hydrogen) atoms. The second kappa shape index (κ2) is 3.06. The van der Waals surface area contributed by atoms with Gasteiger partial charge in [0.2, 0.25) is 0 Å². The number of nitrogens with one attached hydrogen (secondary N) is 1. The third-order valence-electron chi connectivity index (χ3n) is 4.60. The Morgan fingerprint density at radius 1 is 1.44 bits per heavy atom. The van der Waals surface area contributed by atoms with E-state index in [0.717, 1.165) is 12.8 Å². The largest absolute Gasteiger partial charge is 0.362 e. The predicted octanol–water partition coefficient (Wildman–Crippen LogP) is -1.28. The van der Waals surface area contributed by atoms with Crippen molar-refractivity contribution in [3.8, 4) is 0 Å². The molecule has 0 amide bonds. The van der Waals surface area contributed by atoms with E-state index in [1.54, 1.807) is 0 Å². The standard InChI is InChI=1S/C11H18N4O/c1-10(2)6-4-5-11(10,3)8(16)7(6)14-15-9(12)13/h6H,4-5H2,1-3H3,(H4,12,13,15)/p+1/t6-,11-/m1/s1. The van der Waals surface area contributed by atoms with Gasteiger partial charge >= 0.3 is 5.96 Å². The molecular formula is C11H19N4O+. The molecule has 2 bridgehead atoms.